The molecular formula is C16H18FN3O3. The quantitative estimate of drug-likeness (QED) is 0.905. The topological polar surface area (TPSA) is 73.2 Å². The van der Waals surface area contributed by atoms with Crippen molar-refractivity contribution in [2.24, 2.45) is 0 Å². The van der Waals surface area contributed by atoms with Crippen LogP contribution in [-0.2, 0) is 4.74 Å². The number of benzene rings is 1. The second-order valence-electron chi connectivity index (χ2n) is 5.19. The van der Waals surface area contributed by atoms with E-state index < -0.39 is 17.2 Å². The molecule has 1 aromatic carbocycles. The number of aryl methyl sites for hydroxylation is 1. The standard InChI is InChI=1S/C16H18FN3O3/c1-10(9-23-3)18-16(22)15-14(21)8-11(2)20(19-15)13-7-5-4-6-12(13)17/h4-8,10H,9H2,1-3H3,(H,18,22). The molecule has 1 atom stereocenters. The van der Waals surface area contributed by atoms with Crippen LogP contribution in [0.1, 0.15) is 23.1 Å². The van der Waals surface area contributed by atoms with Crippen molar-refractivity contribution in [3.8, 4) is 5.69 Å². The smallest absolute Gasteiger partial charge is 0.276 e. The maximum absolute atomic E-state index is 13.9. The minimum atomic E-state index is -0.621. The van der Waals surface area contributed by atoms with Gasteiger partial charge in [-0.15, -0.1) is 0 Å². The van der Waals surface area contributed by atoms with E-state index in [1.165, 1.54) is 30.0 Å². The second kappa shape index (κ2) is 7.15. The summed E-state index contributed by atoms with van der Waals surface area (Å²) in [6, 6.07) is 6.99. The second-order valence-corrected chi connectivity index (χ2v) is 5.19. The number of nitrogens with zero attached hydrogens (tertiary/aromatic N) is 2. The van der Waals surface area contributed by atoms with Gasteiger partial charge < -0.3 is 10.1 Å². The Bertz CT molecular complexity index is 773. The molecule has 7 heteroatoms. The summed E-state index contributed by atoms with van der Waals surface area (Å²) >= 11 is 0. The van der Waals surface area contributed by atoms with Crippen molar-refractivity contribution in [3.63, 3.8) is 0 Å². The van der Waals surface area contributed by atoms with Gasteiger partial charge in [-0.3, -0.25) is 9.59 Å². The summed E-state index contributed by atoms with van der Waals surface area (Å²) in [6.45, 7) is 3.67. The van der Waals surface area contributed by atoms with Gasteiger partial charge in [0.15, 0.2) is 5.69 Å². The first-order valence-electron chi connectivity index (χ1n) is 7.09. The number of rotatable bonds is 5. The molecule has 6 nitrogen and oxygen atoms in total. The van der Waals surface area contributed by atoms with Gasteiger partial charge in [-0.2, -0.15) is 5.10 Å². The molecule has 0 aliphatic heterocycles. The number of amides is 1. The number of ether oxygens (including phenoxy) is 1. The fraction of sp³-hybridized carbons (Fsp3) is 0.312. The Morgan fingerprint density at radius 3 is 2.78 bits per heavy atom. The molecule has 1 N–H and O–H groups in total. The van der Waals surface area contributed by atoms with Crippen molar-refractivity contribution < 1.29 is 13.9 Å². The van der Waals surface area contributed by atoms with Crippen LogP contribution in [0.15, 0.2) is 35.1 Å². The highest BCUT2D eigenvalue weighted by molar-refractivity contribution is 5.92. The number of aromatic nitrogens is 2. The Morgan fingerprint density at radius 1 is 1.43 bits per heavy atom. The Kier molecular flexibility index (Phi) is 5.23. The highest BCUT2D eigenvalue weighted by Gasteiger charge is 2.18. The summed E-state index contributed by atoms with van der Waals surface area (Å²) in [6.07, 6.45) is 0. The predicted octanol–water partition coefficient (Wildman–Crippen LogP) is 1.44. The number of para-hydroxylation sites is 1. The van der Waals surface area contributed by atoms with Gasteiger partial charge in [-0.05, 0) is 26.0 Å². The lowest BCUT2D eigenvalue weighted by Crippen LogP contribution is -2.39. The van der Waals surface area contributed by atoms with Crippen molar-refractivity contribution in [2.45, 2.75) is 19.9 Å². The molecule has 0 aliphatic carbocycles. The van der Waals surface area contributed by atoms with Crippen molar-refractivity contribution in [2.75, 3.05) is 13.7 Å². The normalized spacial score (nSPS) is 12.0. The number of hydrogen-bond acceptors (Lipinski definition) is 4. The van der Waals surface area contributed by atoms with Gasteiger partial charge in [0.05, 0.1) is 6.61 Å². The summed E-state index contributed by atoms with van der Waals surface area (Å²) < 4.78 is 20.1. The molecule has 0 radical (unpaired) electrons. The first kappa shape index (κ1) is 16.8. The molecule has 1 amide bonds. The molecule has 2 rings (SSSR count). The summed E-state index contributed by atoms with van der Waals surface area (Å²) in [4.78, 5) is 24.2. The van der Waals surface area contributed by atoms with E-state index in [0.29, 0.717) is 12.3 Å². The maximum atomic E-state index is 13.9. The minimum absolute atomic E-state index is 0.170. The van der Waals surface area contributed by atoms with E-state index in [-0.39, 0.29) is 17.4 Å². The van der Waals surface area contributed by atoms with Crippen LogP contribution in [-0.4, -0.2) is 35.4 Å². The third kappa shape index (κ3) is 3.81. The van der Waals surface area contributed by atoms with Gasteiger partial charge in [-0.1, -0.05) is 12.1 Å². The number of halogens is 1. The highest BCUT2D eigenvalue weighted by atomic mass is 19.1. The van der Waals surface area contributed by atoms with Crippen LogP contribution in [0, 0.1) is 12.7 Å². The number of carbonyl (C=O) groups excluding carboxylic acids is 1. The molecule has 0 bridgehead atoms. The van der Waals surface area contributed by atoms with Gasteiger partial charge in [0.1, 0.15) is 11.5 Å². The van der Waals surface area contributed by atoms with Crippen LogP contribution >= 0.6 is 0 Å². The molecule has 1 unspecified atom stereocenters. The first-order chi connectivity index (χ1) is 10.9. The Labute approximate surface area is 132 Å². The SMILES string of the molecule is COCC(C)NC(=O)c1nn(-c2ccccc2F)c(C)cc1=O. The molecule has 0 saturated carbocycles. The van der Waals surface area contributed by atoms with E-state index >= 15 is 0 Å². The van der Waals surface area contributed by atoms with Crippen LogP contribution in [0.3, 0.4) is 0 Å². The number of carbonyl (C=O) groups is 1. The summed E-state index contributed by atoms with van der Waals surface area (Å²) in [5.41, 5.74) is -0.204. The van der Waals surface area contributed by atoms with Crippen LogP contribution in [0.4, 0.5) is 4.39 Å². The van der Waals surface area contributed by atoms with Gasteiger partial charge in [0, 0.05) is 24.9 Å². The largest absolute Gasteiger partial charge is 0.383 e. The zero-order valence-corrected chi connectivity index (χ0v) is 13.2. The highest BCUT2D eigenvalue weighted by Crippen LogP contribution is 2.13. The molecule has 0 spiro atoms. The summed E-state index contributed by atoms with van der Waals surface area (Å²) in [5, 5.41) is 6.64. The molecule has 0 saturated heterocycles. The van der Waals surface area contributed by atoms with Crippen LogP contribution < -0.4 is 10.7 Å². The Morgan fingerprint density at radius 2 is 2.13 bits per heavy atom. The minimum Gasteiger partial charge on any atom is -0.383 e. The third-order valence-electron chi connectivity index (χ3n) is 3.20. The van der Waals surface area contributed by atoms with Crippen LogP contribution in [0.5, 0.6) is 0 Å². The Balaban J connectivity index is 2.43. The summed E-state index contributed by atoms with van der Waals surface area (Å²) in [5.74, 6) is -1.12. The fourth-order valence-electron chi connectivity index (χ4n) is 2.16. The zero-order valence-electron chi connectivity index (χ0n) is 13.2. The molecule has 1 aromatic heterocycles. The first-order valence-corrected chi connectivity index (χ1v) is 7.09. The molecule has 0 fully saturated rings. The van der Waals surface area contributed by atoms with Crippen molar-refractivity contribution >= 4 is 5.91 Å². The van der Waals surface area contributed by atoms with Crippen molar-refractivity contribution in [1.82, 2.24) is 15.1 Å². The lowest BCUT2D eigenvalue weighted by Gasteiger charge is -2.14. The molecule has 2 aromatic rings. The van der Waals surface area contributed by atoms with Crippen LogP contribution in [0.25, 0.3) is 5.69 Å². The fourth-order valence-corrected chi connectivity index (χ4v) is 2.16. The molecule has 23 heavy (non-hydrogen) atoms. The van der Waals surface area contributed by atoms with Gasteiger partial charge in [0.2, 0.25) is 5.43 Å². The molecule has 1 heterocycles. The molecule has 0 aliphatic rings. The average molecular weight is 319 g/mol. The Hall–Kier alpha value is -2.54. The van der Waals surface area contributed by atoms with E-state index in [4.69, 9.17) is 4.74 Å². The zero-order chi connectivity index (χ0) is 17.0. The lowest BCUT2D eigenvalue weighted by atomic mass is 10.2. The molecule has 122 valence electrons. The van der Waals surface area contributed by atoms with E-state index in [9.17, 15) is 14.0 Å². The molecular weight excluding hydrogens is 301 g/mol. The van der Waals surface area contributed by atoms with Gasteiger partial charge in [-0.25, -0.2) is 9.07 Å². The van der Waals surface area contributed by atoms with Gasteiger partial charge >= 0.3 is 0 Å². The van der Waals surface area contributed by atoms with Crippen molar-refractivity contribution in [3.05, 3.63) is 57.8 Å². The van der Waals surface area contributed by atoms with Crippen LogP contribution in [0.2, 0.25) is 0 Å². The number of nitrogens with one attached hydrogen (secondary N) is 1. The summed E-state index contributed by atoms with van der Waals surface area (Å²) in [7, 11) is 1.51. The maximum Gasteiger partial charge on any atom is 0.276 e. The third-order valence-corrected chi connectivity index (χ3v) is 3.20. The van der Waals surface area contributed by atoms with E-state index in [1.807, 2.05) is 0 Å². The predicted molar refractivity (Wildman–Crippen MR) is 83.3 cm³/mol. The van der Waals surface area contributed by atoms with E-state index in [1.54, 1.807) is 26.0 Å². The monoisotopic (exact) mass is 319 g/mol. The average Bonchev–Trinajstić information content (AvgIpc) is 2.48. The van der Waals surface area contributed by atoms with Gasteiger partial charge in [0.25, 0.3) is 5.91 Å². The van der Waals surface area contributed by atoms with Crippen molar-refractivity contribution in [1.29, 1.82) is 0 Å². The number of hydrogen-bond donors (Lipinski definition) is 1. The van der Waals surface area contributed by atoms with E-state index in [0.717, 1.165) is 0 Å². The number of methoxy groups -OCH3 is 1. The lowest BCUT2D eigenvalue weighted by molar-refractivity contribution is 0.0897. The van der Waals surface area contributed by atoms with E-state index in [2.05, 4.69) is 10.4 Å².